The minimum absolute atomic E-state index is 0.230. The van der Waals surface area contributed by atoms with Gasteiger partial charge in [0.1, 0.15) is 4.21 Å². The van der Waals surface area contributed by atoms with Gasteiger partial charge < -0.3 is 0 Å². The summed E-state index contributed by atoms with van der Waals surface area (Å²) in [6, 6.07) is 13.0. The van der Waals surface area contributed by atoms with Crippen molar-refractivity contribution in [1.29, 1.82) is 0 Å². The van der Waals surface area contributed by atoms with Crippen LogP contribution in [-0.2, 0) is 14.3 Å². The lowest BCUT2D eigenvalue weighted by molar-refractivity contribution is 0.399. The average molecular weight is 254 g/mol. The number of thiophene rings is 1. The predicted octanol–water partition coefficient (Wildman–Crippen LogP) is 2.75. The Morgan fingerprint density at radius 3 is 2.38 bits per heavy atom. The van der Waals surface area contributed by atoms with E-state index in [0.717, 1.165) is 17.6 Å². The van der Waals surface area contributed by atoms with Gasteiger partial charge in [0, 0.05) is 4.88 Å². The summed E-state index contributed by atoms with van der Waals surface area (Å²) in [7, 11) is -2.40. The fourth-order valence-electron chi connectivity index (χ4n) is 1.29. The molecule has 0 unspecified atom stereocenters. The summed E-state index contributed by atoms with van der Waals surface area (Å²) in [5, 5.41) is 0. The number of rotatable bonds is 3. The van der Waals surface area contributed by atoms with Gasteiger partial charge in [0.05, 0.1) is 7.11 Å². The Hall–Kier alpha value is -1.17. The summed E-state index contributed by atoms with van der Waals surface area (Å²) < 4.78 is 27.6. The summed E-state index contributed by atoms with van der Waals surface area (Å²) in [5.74, 6) is 0. The molecule has 0 aliphatic rings. The van der Waals surface area contributed by atoms with Crippen molar-refractivity contribution < 1.29 is 12.6 Å². The molecule has 1 aromatic carbocycles. The highest BCUT2D eigenvalue weighted by Gasteiger charge is 2.16. The first kappa shape index (κ1) is 11.3. The van der Waals surface area contributed by atoms with E-state index in [-0.39, 0.29) is 4.21 Å². The summed E-state index contributed by atoms with van der Waals surface area (Å²) in [4.78, 5) is 0.913. The third kappa shape index (κ3) is 2.16. The van der Waals surface area contributed by atoms with Gasteiger partial charge in [-0.1, -0.05) is 30.3 Å². The van der Waals surface area contributed by atoms with E-state index in [2.05, 4.69) is 4.18 Å². The van der Waals surface area contributed by atoms with E-state index in [1.54, 1.807) is 12.1 Å². The quantitative estimate of drug-likeness (QED) is 0.791. The summed E-state index contributed by atoms with van der Waals surface area (Å²) in [5.41, 5.74) is 1.00. The first-order chi connectivity index (χ1) is 7.63. The van der Waals surface area contributed by atoms with Gasteiger partial charge in [0.2, 0.25) is 0 Å². The van der Waals surface area contributed by atoms with Gasteiger partial charge in [-0.05, 0) is 17.7 Å². The van der Waals surface area contributed by atoms with Gasteiger partial charge in [-0.25, -0.2) is 0 Å². The van der Waals surface area contributed by atoms with Crippen LogP contribution in [0.1, 0.15) is 0 Å². The Morgan fingerprint density at radius 1 is 1.06 bits per heavy atom. The van der Waals surface area contributed by atoms with Crippen molar-refractivity contribution in [2.45, 2.75) is 4.21 Å². The molecule has 1 aromatic heterocycles. The molecule has 2 aromatic rings. The number of hydrogen-bond donors (Lipinski definition) is 0. The van der Waals surface area contributed by atoms with Gasteiger partial charge >= 0.3 is 10.1 Å². The molecule has 0 saturated heterocycles. The van der Waals surface area contributed by atoms with Gasteiger partial charge in [-0.3, -0.25) is 4.18 Å². The molecule has 5 heteroatoms. The maximum absolute atomic E-state index is 11.4. The van der Waals surface area contributed by atoms with Crippen LogP contribution < -0.4 is 0 Å². The van der Waals surface area contributed by atoms with Crippen molar-refractivity contribution in [2.75, 3.05) is 7.11 Å². The third-order valence-electron chi connectivity index (χ3n) is 2.11. The molecule has 0 radical (unpaired) electrons. The highest BCUT2D eigenvalue weighted by atomic mass is 32.3. The SMILES string of the molecule is COS(=O)(=O)c1ccc(-c2ccccc2)s1. The second-order valence-corrected chi connectivity index (χ2v) is 6.13. The lowest BCUT2D eigenvalue weighted by Gasteiger charge is -1.96. The molecular weight excluding hydrogens is 244 g/mol. The van der Waals surface area contributed by atoms with E-state index in [9.17, 15) is 8.42 Å². The van der Waals surface area contributed by atoms with Crippen LogP contribution in [0.5, 0.6) is 0 Å². The zero-order chi connectivity index (χ0) is 11.6. The fraction of sp³-hybridized carbons (Fsp3) is 0.0909. The van der Waals surface area contributed by atoms with Crippen LogP contribution in [0.4, 0.5) is 0 Å². The summed E-state index contributed by atoms with van der Waals surface area (Å²) in [6.45, 7) is 0. The molecule has 84 valence electrons. The summed E-state index contributed by atoms with van der Waals surface area (Å²) in [6.07, 6.45) is 0. The summed E-state index contributed by atoms with van der Waals surface area (Å²) >= 11 is 1.20. The third-order valence-corrected chi connectivity index (χ3v) is 4.96. The normalized spacial score (nSPS) is 11.6. The van der Waals surface area contributed by atoms with Gasteiger partial charge in [-0.15, -0.1) is 11.3 Å². The first-order valence-corrected chi connectivity index (χ1v) is 6.82. The number of hydrogen-bond acceptors (Lipinski definition) is 4. The molecular formula is C11H10O3S2. The molecule has 0 N–H and O–H groups in total. The first-order valence-electron chi connectivity index (χ1n) is 4.59. The van der Waals surface area contributed by atoms with E-state index < -0.39 is 10.1 Å². The topological polar surface area (TPSA) is 43.4 Å². The van der Waals surface area contributed by atoms with Crippen LogP contribution in [0.3, 0.4) is 0 Å². The van der Waals surface area contributed by atoms with Gasteiger partial charge in [-0.2, -0.15) is 8.42 Å². The Morgan fingerprint density at radius 2 is 1.75 bits per heavy atom. The van der Waals surface area contributed by atoms with Crippen molar-refractivity contribution in [3.05, 3.63) is 42.5 Å². The van der Waals surface area contributed by atoms with Crippen LogP contribution in [0.25, 0.3) is 10.4 Å². The zero-order valence-corrected chi connectivity index (χ0v) is 10.2. The van der Waals surface area contributed by atoms with Crippen molar-refractivity contribution in [3.8, 4) is 10.4 Å². The predicted molar refractivity (Wildman–Crippen MR) is 63.9 cm³/mol. The standard InChI is InChI=1S/C11H10O3S2/c1-14-16(12,13)11-8-7-10(15-11)9-5-3-2-4-6-9/h2-8H,1H3. The van der Waals surface area contributed by atoms with Crippen molar-refractivity contribution >= 4 is 21.5 Å². The smallest absolute Gasteiger partial charge is 0.269 e. The second kappa shape index (κ2) is 4.37. The van der Waals surface area contributed by atoms with E-state index in [0.29, 0.717) is 0 Å². The van der Waals surface area contributed by atoms with Crippen LogP contribution in [0, 0.1) is 0 Å². The molecule has 0 atom stereocenters. The monoisotopic (exact) mass is 254 g/mol. The Labute approximate surface area is 98.4 Å². The van der Waals surface area contributed by atoms with Crippen LogP contribution in [-0.4, -0.2) is 15.5 Å². The molecule has 0 fully saturated rings. The molecule has 16 heavy (non-hydrogen) atoms. The molecule has 1 heterocycles. The Balaban J connectivity index is 2.42. The number of benzene rings is 1. The van der Waals surface area contributed by atoms with E-state index in [1.165, 1.54) is 11.3 Å². The van der Waals surface area contributed by atoms with Gasteiger partial charge in [0.15, 0.2) is 0 Å². The van der Waals surface area contributed by atoms with Gasteiger partial charge in [0.25, 0.3) is 0 Å². The molecule has 0 aliphatic carbocycles. The largest absolute Gasteiger partial charge is 0.306 e. The van der Waals surface area contributed by atoms with Crippen LogP contribution >= 0.6 is 11.3 Å². The molecule has 0 spiro atoms. The lowest BCUT2D eigenvalue weighted by Crippen LogP contribution is -1.99. The molecule has 0 aliphatic heterocycles. The second-order valence-electron chi connectivity index (χ2n) is 3.11. The van der Waals surface area contributed by atoms with E-state index in [1.807, 2.05) is 30.3 Å². The highest BCUT2D eigenvalue weighted by molar-refractivity contribution is 7.89. The fourth-order valence-corrected chi connectivity index (χ4v) is 3.32. The molecule has 0 saturated carbocycles. The molecule has 3 nitrogen and oxygen atoms in total. The Bertz CT molecular complexity index is 570. The minimum atomic E-state index is -3.57. The Kier molecular flexibility index (Phi) is 3.09. The van der Waals surface area contributed by atoms with Crippen LogP contribution in [0.2, 0.25) is 0 Å². The molecule has 0 amide bonds. The minimum Gasteiger partial charge on any atom is -0.269 e. The van der Waals surface area contributed by atoms with Crippen molar-refractivity contribution in [3.63, 3.8) is 0 Å². The zero-order valence-electron chi connectivity index (χ0n) is 8.58. The van der Waals surface area contributed by atoms with Crippen molar-refractivity contribution in [2.24, 2.45) is 0 Å². The maximum atomic E-state index is 11.4. The van der Waals surface area contributed by atoms with Crippen LogP contribution in [0.15, 0.2) is 46.7 Å². The maximum Gasteiger partial charge on any atom is 0.306 e. The van der Waals surface area contributed by atoms with E-state index >= 15 is 0 Å². The highest BCUT2D eigenvalue weighted by Crippen LogP contribution is 2.30. The molecule has 0 bridgehead atoms. The molecule has 2 rings (SSSR count). The lowest BCUT2D eigenvalue weighted by atomic mass is 10.2. The van der Waals surface area contributed by atoms with Crippen molar-refractivity contribution in [1.82, 2.24) is 0 Å². The average Bonchev–Trinajstić information content (AvgIpc) is 2.80. The van der Waals surface area contributed by atoms with E-state index in [4.69, 9.17) is 0 Å².